The maximum atomic E-state index is 11.5. The van der Waals surface area contributed by atoms with Gasteiger partial charge in [-0.15, -0.1) is 12.4 Å². The fraction of sp³-hybridized carbons (Fsp3) is 0.700. The van der Waals surface area contributed by atoms with E-state index in [-0.39, 0.29) is 23.8 Å². The highest BCUT2D eigenvalue weighted by Crippen LogP contribution is 2.54. The molecule has 1 aliphatic carbocycles. The Kier molecular flexibility index (Phi) is 3.56. The molecular weight excluding hydrogens is 202 g/mol. The zero-order chi connectivity index (χ0) is 9.31. The van der Waals surface area contributed by atoms with Crippen LogP contribution < -0.4 is 5.32 Å². The van der Waals surface area contributed by atoms with Crippen molar-refractivity contribution in [1.82, 2.24) is 5.32 Å². The van der Waals surface area contributed by atoms with Crippen LogP contribution in [0.1, 0.15) is 19.3 Å². The summed E-state index contributed by atoms with van der Waals surface area (Å²) in [5.41, 5.74) is 1.08. The van der Waals surface area contributed by atoms with Crippen LogP contribution in [0.3, 0.4) is 0 Å². The number of rotatable bonds is 2. The van der Waals surface area contributed by atoms with E-state index in [1.54, 1.807) is 0 Å². The van der Waals surface area contributed by atoms with Crippen LogP contribution in [0.2, 0.25) is 0 Å². The number of hydrogen-bond donors (Lipinski definition) is 1. The summed E-state index contributed by atoms with van der Waals surface area (Å²) in [6, 6.07) is 0. The molecule has 80 valence electrons. The van der Waals surface area contributed by atoms with Crippen LogP contribution >= 0.6 is 12.4 Å². The van der Waals surface area contributed by atoms with E-state index < -0.39 is 0 Å². The van der Waals surface area contributed by atoms with E-state index in [1.807, 2.05) is 0 Å². The van der Waals surface area contributed by atoms with Gasteiger partial charge in [-0.3, -0.25) is 4.79 Å². The van der Waals surface area contributed by atoms with Crippen LogP contribution in [0.15, 0.2) is 11.6 Å². The number of carbonyl (C=O) groups is 1. The predicted molar refractivity (Wildman–Crippen MR) is 56.5 cm³/mol. The third-order valence-corrected chi connectivity index (χ3v) is 3.00. The smallest absolute Gasteiger partial charge is 0.315 e. The lowest BCUT2D eigenvalue weighted by molar-refractivity contribution is -0.145. The van der Waals surface area contributed by atoms with Crippen molar-refractivity contribution in [3.8, 4) is 0 Å². The second-order valence-electron chi connectivity index (χ2n) is 3.76. The molecule has 0 saturated heterocycles. The molecule has 1 N–H and O–H groups in total. The van der Waals surface area contributed by atoms with Crippen LogP contribution in [-0.4, -0.2) is 26.2 Å². The maximum Gasteiger partial charge on any atom is 0.315 e. The Labute approximate surface area is 90.3 Å². The van der Waals surface area contributed by atoms with Crippen molar-refractivity contribution in [2.24, 2.45) is 5.41 Å². The zero-order valence-corrected chi connectivity index (χ0v) is 9.15. The molecule has 3 nitrogen and oxygen atoms in total. The van der Waals surface area contributed by atoms with Crippen molar-refractivity contribution in [1.29, 1.82) is 0 Å². The highest BCUT2D eigenvalue weighted by atomic mass is 35.5. The van der Waals surface area contributed by atoms with Crippen LogP contribution in [-0.2, 0) is 9.53 Å². The first-order valence-corrected chi connectivity index (χ1v) is 4.78. The summed E-state index contributed by atoms with van der Waals surface area (Å²) in [4.78, 5) is 11.5. The Bertz CT molecular complexity index is 259. The Morgan fingerprint density at radius 1 is 1.57 bits per heavy atom. The van der Waals surface area contributed by atoms with Crippen molar-refractivity contribution < 1.29 is 9.53 Å². The minimum atomic E-state index is -0.211. The molecule has 4 heteroatoms. The molecule has 1 fully saturated rings. The van der Waals surface area contributed by atoms with Gasteiger partial charge in [-0.1, -0.05) is 11.6 Å². The summed E-state index contributed by atoms with van der Waals surface area (Å²) < 4.78 is 4.83. The quantitative estimate of drug-likeness (QED) is 0.560. The van der Waals surface area contributed by atoms with Gasteiger partial charge in [0.1, 0.15) is 0 Å². The summed E-state index contributed by atoms with van der Waals surface area (Å²) in [6.45, 7) is 1.89. The number of esters is 1. The van der Waals surface area contributed by atoms with E-state index in [9.17, 15) is 4.79 Å². The van der Waals surface area contributed by atoms with Gasteiger partial charge in [0.05, 0.1) is 12.5 Å². The van der Waals surface area contributed by atoms with Gasteiger partial charge in [0, 0.05) is 6.54 Å². The summed E-state index contributed by atoms with van der Waals surface area (Å²) in [6.07, 6.45) is 5.10. The highest BCUT2D eigenvalue weighted by molar-refractivity contribution is 5.85. The molecule has 0 aromatic rings. The molecule has 14 heavy (non-hydrogen) atoms. The van der Waals surface area contributed by atoms with E-state index in [4.69, 9.17) is 4.74 Å². The monoisotopic (exact) mass is 217 g/mol. The fourth-order valence-electron chi connectivity index (χ4n) is 2.03. The average Bonchev–Trinajstić information content (AvgIpc) is 2.99. The second kappa shape index (κ2) is 4.32. The number of hydrogen-bond acceptors (Lipinski definition) is 3. The third-order valence-electron chi connectivity index (χ3n) is 3.00. The molecular formula is C10H16ClNO2. The minimum Gasteiger partial charge on any atom is -0.468 e. The number of methoxy groups -OCH3 is 1. The number of halogens is 1. The van der Waals surface area contributed by atoms with Crippen molar-refractivity contribution in [2.45, 2.75) is 19.3 Å². The summed E-state index contributed by atoms with van der Waals surface area (Å²) >= 11 is 0. The molecule has 1 heterocycles. The van der Waals surface area contributed by atoms with Crippen molar-refractivity contribution in [3.63, 3.8) is 0 Å². The Hall–Kier alpha value is -0.540. The summed E-state index contributed by atoms with van der Waals surface area (Å²) in [5, 5.41) is 3.24. The van der Waals surface area contributed by atoms with E-state index >= 15 is 0 Å². The predicted octanol–water partition coefficient (Wildman–Crippen LogP) is 1.28. The first-order valence-electron chi connectivity index (χ1n) is 4.78. The van der Waals surface area contributed by atoms with Gasteiger partial charge in [-0.25, -0.2) is 0 Å². The fourth-order valence-corrected chi connectivity index (χ4v) is 2.03. The van der Waals surface area contributed by atoms with Crippen LogP contribution in [0, 0.1) is 5.41 Å². The zero-order valence-electron chi connectivity index (χ0n) is 8.34. The topological polar surface area (TPSA) is 38.3 Å². The molecule has 0 bridgehead atoms. The summed E-state index contributed by atoms with van der Waals surface area (Å²) in [7, 11) is 1.48. The molecule has 0 aromatic heterocycles. The van der Waals surface area contributed by atoms with Gasteiger partial charge in [0.2, 0.25) is 0 Å². The van der Waals surface area contributed by atoms with Crippen molar-refractivity contribution >= 4 is 18.4 Å². The molecule has 0 atom stereocenters. The molecule has 2 rings (SSSR count). The molecule has 0 amide bonds. The van der Waals surface area contributed by atoms with Crippen molar-refractivity contribution in [2.75, 3.05) is 20.2 Å². The molecule has 2 aliphatic rings. The van der Waals surface area contributed by atoms with E-state index in [0.717, 1.165) is 32.4 Å². The first kappa shape index (κ1) is 11.5. The molecule has 1 aliphatic heterocycles. The second-order valence-corrected chi connectivity index (χ2v) is 3.76. The maximum absolute atomic E-state index is 11.5. The summed E-state index contributed by atoms with van der Waals surface area (Å²) in [5.74, 6) is -0.0411. The van der Waals surface area contributed by atoms with Gasteiger partial charge in [0.15, 0.2) is 0 Å². The SMILES string of the molecule is COC(=O)C1(C2=CCNCC2)CC1.Cl. The number of carbonyl (C=O) groups excluding carboxylic acids is 1. The number of ether oxygens (including phenoxy) is 1. The standard InChI is InChI=1S/C10H15NO2.ClH/c1-13-9(12)10(4-5-10)8-2-6-11-7-3-8;/h2,11H,3-7H2,1H3;1H. The minimum absolute atomic E-state index is 0. The van der Waals surface area contributed by atoms with E-state index in [1.165, 1.54) is 12.7 Å². The molecule has 0 aromatic carbocycles. The molecule has 0 radical (unpaired) electrons. The van der Waals surface area contributed by atoms with Gasteiger partial charge < -0.3 is 10.1 Å². The Morgan fingerprint density at radius 2 is 2.29 bits per heavy atom. The lowest BCUT2D eigenvalue weighted by Crippen LogP contribution is -2.28. The normalized spacial score (nSPS) is 23.1. The van der Waals surface area contributed by atoms with Gasteiger partial charge >= 0.3 is 5.97 Å². The lowest BCUT2D eigenvalue weighted by atomic mass is 9.91. The molecule has 0 spiro atoms. The van der Waals surface area contributed by atoms with Crippen LogP contribution in [0.4, 0.5) is 0 Å². The van der Waals surface area contributed by atoms with E-state index in [0.29, 0.717) is 0 Å². The van der Waals surface area contributed by atoms with Crippen LogP contribution in [0.5, 0.6) is 0 Å². The van der Waals surface area contributed by atoms with E-state index in [2.05, 4.69) is 11.4 Å². The largest absolute Gasteiger partial charge is 0.468 e. The van der Waals surface area contributed by atoms with Gasteiger partial charge in [0.25, 0.3) is 0 Å². The molecule has 1 saturated carbocycles. The highest BCUT2D eigenvalue weighted by Gasteiger charge is 2.53. The van der Waals surface area contributed by atoms with Gasteiger partial charge in [-0.05, 0) is 25.8 Å². The van der Waals surface area contributed by atoms with Gasteiger partial charge in [-0.2, -0.15) is 0 Å². The third kappa shape index (κ3) is 1.79. The van der Waals surface area contributed by atoms with Crippen molar-refractivity contribution in [3.05, 3.63) is 11.6 Å². The Balaban J connectivity index is 0.000000980. The molecule has 0 unspecified atom stereocenters. The Morgan fingerprint density at radius 3 is 2.71 bits per heavy atom. The number of nitrogens with one attached hydrogen (secondary N) is 1. The first-order chi connectivity index (χ1) is 6.29. The lowest BCUT2D eigenvalue weighted by Gasteiger charge is -2.20. The average molecular weight is 218 g/mol. The van der Waals surface area contributed by atoms with Crippen LogP contribution in [0.25, 0.3) is 0 Å².